The molecule has 1 atom stereocenters. The van der Waals surface area contributed by atoms with Crippen molar-refractivity contribution in [2.45, 2.75) is 18.9 Å². The van der Waals surface area contributed by atoms with Gasteiger partial charge in [0.15, 0.2) is 11.5 Å². The molecule has 1 aliphatic heterocycles. The third-order valence-electron chi connectivity index (χ3n) is 6.18. The average Bonchev–Trinajstić information content (AvgIpc) is 3.30. The highest BCUT2D eigenvalue weighted by Crippen LogP contribution is 2.35. The summed E-state index contributed by atoms with van der Waals surface area (Å²) < 4.78 is 26.4. The van der Waals surface area contributed by atoms with E-state index in [0.29, 0.717) is 59.3 Å². The number of fused-ring (bicyclic) bond motifs is 1. The maximum absolute atomic E-state index is 13.5. The second-order valence-electron chi connectivity index (χ2n) is 8.51. The van der Waals surface area contributed by atoms with Crippen molar-refractivity contribution in [1.29, 1.82) is 0 Å². The lowest BCUT2D eigenvalue weighted by Crippen LogP contribution is -2.41. The first-order chi connectivity index (χ1) is 17.4. The standard InChI is InChI=1S/C26H25FN6O3/c1-16(27)26(34)32-12-4-5-18(14-32)33-25-22(24(28)29-15-30-25)23(31-33)17-8-10-19(11-9-17)36-21-7-3-6-20(13-21)35-2/h3,6-11,13,15,18H,1,4-5,12,14H2,2H3,(H2,28,29,30). The molecule has 1 saturated heterocycles. The second kappa shape index (κ2) is 9.65. The van der Waals surface area contributed by atoms with E-state index < -0.39 is 11.7 Å². The van der Waals surface area contributed by atoms with Gasteiger partial charge in [0.2, 0.25) is 0 Å². The van der Waals surface area contributed by atoms with Crippen molar-refractivity contribution in [1.82, 2.24) is 24.6 Å². The summed E-state index contributed by atoms with van der Waals surface area (Å²) in [7, 11) is 1.60. The van der Waals surface area contributed by atoms with Gasteiger partial charge in [0.05, 0.1) is 18.5 Å². The minimum atomic E-state index is -0.968. The molecule has 0 spiro atoms. The highest BCUT2D eigenvalue weighted by Gasteiger charge is 2.29. The Bertz CT molecular complexity index is 1440. The lowest BCUT2D eigenvalue weighted by atomic mass is 10.1. The van der Waals surface area contributed by atoms with Crippen molar-refractivity contribution in [3.63, 3.8) is 0 Å². The van der Waals surface area contributed by atoms with Crippen molar-refractivity contribution in [3.8, 4) is 28.5 Å². The molecule has 36 heavy (non-hydrogen) atoms. The Morgan fingerprint density at radius 3 is 2.67 bits per heavy atom. The topological polar surface area (TPSA) is 108 Å². The van der Waals surface area contributed by atoms with Crippen LogP contribution >= 0.6 is 0 Å². The van der Waals surface area contributed by atoms with E-state index in [9.17, 15) is 9.18 Å². The van der Waals surface area contributed by atoms with Gasteiger partial charge in [-0.15, -0.1) is 0 Å². The van der Waals surface area contributed by atoms with Crippen LogP contribution in [0.3, 0.4) is 0 Å². The number of piperidine rings is 1. The van der Waals surface area contributed by atoms with E-state index in [1.54, 1.807) is 17.9 Å². The summed E-state index contributed by atoms with van der Waals surface area (Å²) in [6, 6.07) is 14.6. The van der Waals surface area contributed by atoms with Gasteiger partial charge in [-0.2, -0.15) is 5.10 Å². The largest absolute Gasteiger partial charge is 0.497 e. The van der Waals surface area contributed by atoms with Gasteiger partial charge >= 0.3 is 0 Å². The summed E-state index contributed by atoms with van der Waals surface area (Å²) >= 11 is 0. The minimum absolute atomic E-state index is 0.191. The number of amides is 1. The maximum atomic E-state index is 13.5. The summed E-state index contributed by atoms with van der Waals surface area (Å²) in [6.07, 6.45) is 2.85. The van der Waals surface area contributed by atoms with Gasteiger partial charge in [0, 0.05) is 24.7 Å². The number of rotatable bonds is 6. The molecule has 2 N–H and O–H groups in total. The van der Waals surface area contributed by atoms with Crippen LogP contribution in [0.25, 0.3) is 22.3 Å². The van der Waals surface area contributed by atoms with Gasteiger partial charge in [-0.1, -0.05) is 12.6 Å². The fourth-order valence-corrected chi connectivity index (χ4v) is 4.44. The van der Waals surface area contributed by atoms with Crippen LogP contribution in [0, 0.1) is 0 Å². The molecule has 0 bridgehead atoms. The number of nitrogens with zero attached hydrogens (tertiary/aromatic N) is 5. The van der Waals surface area contributed by atoms with E-state index >= 15 is 0 Å². The Balaban J connectivity index is 1.47. The zero-order valence-electron chi connectivity index (χ0n) is 19.7. The number of benzene rings is 2. The number of likely N-dealkylation sites (tertiary alicyclic amines) is 1. The number of methoxy groups -OCH3 is 1. The number of hydrogen-bond donors (Lipinski definition) is 1. The highest BCUT2D eigenvalue weighted by molar-refractivity contribution is 5.98. The molecule has 1 amide bonds. The number of carbonyl (C=O) groups excluding carboxylic acids is 1. The van der Waals surface area contributed by atoms with E-state index in [-0.39, 0.29) is 6.04 Å². The molecule has 2 aromatic heterocycles. The Morgan fingerprint density at radius 1 is 1.14 bits per heavy atom. The predicted octanol–water partition coefficient (Wildman–Crippen LogP) is 4.52. The molecule has 4 aromatic rings. The van der Waals surface area contributed by atoms with Gasteiger partial charge in [-0.25, -0.2) is 19.0 Å². The number of carbonyl (C=O) groups is 1. The summed E-state index contributed by atoms with van der Waals surface area (Å²) in [5.74, 6) is 0.644. The molecular formula is C26H25FN6O3. The average molecular weight is 489 g/mol. The number of ether oxygens (including phenoxy) is 2. The van der Waals surface area contributed by atoms with E-state index in [2.05, 4.69) is 16.5 Å². The zero-order chi connectivity index (χ0) is 25.2. The van der Waals surface area contributed by atoms with E-state index in [1.807, 2.05) is 42.5 Å². The molecular weight excluding hydrogens is 463 g/mol. The fourth-order valence-electron chi connectivity index (χ4n) is 4.44. The molecule has 1 aliphatic rings. The number of hydrogen-bond acceptors (Lipinski definition) is 7. The number of halogens is 1. The summed E-state index contributed by atoms with van der Waals surface area (Å²) in [4.78, 5) is 22.2. The summed E-state index contributed by atoms with van der Waals surface area (Å²) in [6.45, 7) is 3.91. The predicted molar refractivity (Wildman–Crippen MR) is 133 cm³/mol. The first-order valence-corrected chi connectivity index (χ1v) is 11.5. The van der Waals surface area contributed by atoms with Gasteiger partial charge in [-0.3, -0.25) is 4.79 Å². The van der Waals surface area contributed by atoms with E-state index in [0.717, 1.165) is 12.0 Å². The number of nitrogen functional groups attached to an aromatic ring is 1. The van der Waals surface area contributed by atoms with Crippen LogP contribution in [0.15, 0.2) is 67.3 Å². The normalized spacial score (nSPS) is 15.6. The molecule has 0 saturated carbocycles. The van der Waals surface area contributed by atoms with Crippen molar-refractivity contribution in [2.75, 3.05) is 25.9 Å². The smallest absolute Gasteiger partial charge is 0.282 e. The first-order valence-electron chi connectivity index (χ1n) is 11.5. The van der Waals surface area contributed by atoms with Gasteiger partial charge in [0.1, 0.15) is 35.1 Å². The molecule has 9 nitrogen and oxygen atoms in total. The molecule has 0 aliphatic carbocycles. The van der Waals surface area contributed by atoms with E-state index in [4.69, 9.17) is 20.3 Å². The van der Waals surface area contributed by atoms with Crippen LogP contribution in [0.5, 0.6) is 17.2 Å². The number of anilines is 1. The van der Waals surface area contributed by atoms with E-state index in [1.165, 1.54) is 11.2 Å². The highest BCUT2D eigenvalue weighted by atomic mass is 19.1. The second-order valence-corrected chi connectivity index (χ2v) is 8.51. The molecule has 1 fully saturated rings. The van der Waals surface area contributed by atoms with Crippen LogP contribution in [0.4, 0.5) is 10.2 Å². The fraction of sp³-hybridized carbons (Fsp3) is 0.231. The minimum Gasteiger partial charge on any atom is -0.497 e. The van der Waals surface area contributed by atoms with Crippen molar-refractivity contribution in [2.24, 2.45) is 0 Å². The zero-order valence-corrected chi connectivity index (χ0v) is 19.7. The summed E-state index contributed by atoms with van der Waals surface area (Å²) in [5, 5.41) is 5.46. The van der Waals surface area contributed by atoms with Gasteiger partial charge < -0.3 is 20.1 Å². The molecule has 5 rings (SSSR count). The van der Waals surface area contributed by atoms with Crippen molar-refractivity contribution in [3.05, 3.63) is 67.3 Å². The van der Waals surface area contributed by atoms with Gasteiger partial charge in [-0.05, 0) is 49.2 Å². The molecule has 2 aromatic carbocycles. The van der Waals surface area contributed by atoms with Crippen LogP contribution in [0.1, 0.15) is 18.9 Å². The quantitative estimate of drug-likeness (QED) is 0.398. The van der Waals surface area contributed by atoms with Crippen molar-refractivity contribution >= 4 is 22.8 Å². The molecule has 184 valence electrons. The molecule has 1 unspecified atom stereocenters. The molecule has 10 heteroatoms. The molecule has 3 heterocycles. The number of nitrogens with two attached hydrogens (primary N) is 1. The van der Waals surface area contributed by atoms with Crippen LogP contribution in [-0.4, -0.2) is 50.8 Å². The third kappa shape index (κ3) is 4.45. The number of aromatic nitrogens is 4. The lowest BCUT2D eigenvalue weighted by Gasteiger charge is -2.32. The Labute approximate surface area is 207 Å². The van der Waals surface area contributed by atoms with Crippen LogP contribution < -0.4 is 15.2 Å². The monoisotopic (exact) mass is 488 g/mol. The Morgan fingerprint density at radius 2 is 1.92 bits per heavy atom. The lowest BCUT2D eigenvalue weighted by molar-refractivity contribution is -0.130. The van der Waals surface area contributed by atoms with Crippen LogP contribution in [0.2, 0.25) is 0 Å². The van der Waals surface area contributed by atoms with Crippen molar-refractivity contribution < 1.29 is 18.7 Å². The van der Waals surface area contributed by atoms with Gasteiger partial charge in [0.25, 0.3) is 5.91 Å². The Hall–Kier alpha value is -4.47. The van der Waals surface area contributed by atoms with Crippen LogP contribution in [-0.2, 0) is 4.79 Å². The third-order valence-corrected chi connectivity index (χ3v) is 6.18. The summed E-state index contributed by atoms with van der Waals surface area (Å²) in [5.41, 5.74) is 8.23. The Kier molecular flexibility index (Phi) is 6.24. The molecule has 0 radical (unpaired) electrons. The first kappa shape index (κ1) is 23.3. The SMILES string of the molecule is C=C(F)C(=O)N1CCCC(n2nc(-c3ccc(Oc4cccc(OC)c4)cc3)c3c(N)ncnc32)C1. The maximum Gasteiger partial charge on any atom is 0.282 e.